The van der Waals surface area contributed by atoms with E-state index in [1.165, 1.54) is 0 Å². The molecule has 1 aromatic carbocycles. The highest BCUT2D eigenvalue weighted by Gasteiger charge is 2.27. The van der Waals surface area contributed by atoms with Gasteiger partial charge in [0.2, 0.25) is 0 Å². The van der Waals surface area contributed by atoms with Crippen LogP contribution in [0.2, 0.25) is 5.02 Å². The SMILES string of the molecule is O=CC1c2cc(Cl)ccc2OCN1CCO. The molecule has 0 bridgehead atoms. The third-order valence-electron chi connectivity index (χ3n) is 2.59. The highest BCUT2D eigenvalue weighted by Crippen LogP contribution is 2.34. The van der Waals surface area contributed by atoms with E-state index in [0.717, 1.165) is 11.8 Å². The summed E-state index contributed by atoms with van der Waals surface area (Å²) in [6.07, 6.45) is 0.841. The minimum atomic E-state index is -0.394. The number of aldehydes is 1. The third-order valence-corrected chi connectivity index (χ3v) is 2.82. The lowest BCUT2D eigenvalue weighted by Crippen LogP contribution is -2.39. The Balaban J connectivity index is 2.35. The molecule has 0 aromatic heterocycles. The van der Waals surface area contributed by atoms with Crippen molar-refractivity contribution in [1.29, 1.82) is 0 Å². The Kier molecular flexibility index (Phi) is 3.43. The normalized spacial score (nSPS) is 20.0. The molecule has 2 rings (SSSR count). The molecule has 0 saturated heterocycles. The van der Waals surface area contributed by atoms with Gasteiger partial charge in [-0.25, -0.2) is 0 Å². The zero-order chi connectivity index (χ0) is 11.5. The fourth-order valence-electron chi connectivity index (χ4n) is 1.80. The first-order valence-corrected chi connectivity index (χ1v) is 5.36. The van der Waals surface area contributed by atoms with Gasteiger partial charge < -0.3 is 14.6 Å². The summed E-state index contributed by atoms with van der Waals surface area (Å²) in [4.78, 5) is 12.9. The van der Waals surface area contributed by atoms with Crippen LogP contribution in [0.15, 0.2) is 18.2 Å². The van der Waals surface area contributed by atoms with Crippen molar-refractivity contribution in [2.24, 2.45) is 0 Å². The van der Waals surface area contributed by atoms with E-state index >= 15 is 0 Å². The number of fused-ring (bicyclic) bond motifs is 1. The van der Waals surface area contributed by atoms with E-state index in [4.69, 9.17) is 21.4 Å². The maximum Gasteiger partial charge on any atom is 0.143 e. The molecule has 1 aliphatic heterocycles. The van der Waals surface area contributed by atoms with Crippen molar-refractivity contribution in [2.45, 2.75) is 6.04 Å². The maximum atomic E-state index is 11.1. The Labute approximate surface area is 98.4 Å². The predicted octanol–water partition coefficient (Wildman–Crippen LogP) is 1.22. The number of aliphatic hydroxyl groups is 1. The van der Waals surface area contributed by atoms with Crippen molar-refractivity contribution in [1.82, 2.24) is 4.90 Å². The number of ether oxygens (including phenoxy) is 1. The lowest BCUT2D eigenvalue weighted by Gasteiger charge is -2.33. The van der Waals surface area contributed by atoms with Gasteiger partial charge in [-0.1, -0.05) is 11.6 Å². The molecule has 4 nitrogen and oxygen atoms in total. The van der Waals surface area contributed by atoms with Gasteiger partial charge in [0.1, 0.15) is 18.8 Å². The van der Waals surface area contributed by atoms with Crippen LogP contribution in [0, 0.1) is 0 Å². The molecule has 0 saturated carbocycles. The largest absolute Gasteiger partial charge is 0.478 e. The summed E-state index contributed by atoms with van der Waals surface area (Å²) in [5.41, 5.74) is 0.752. The minimum Gasteiger partial charge on any atom is -0.478 e. The van der Waals surface area contributed by atoms with E-state index < -0.39 is 6.04 Å². The number of nitrogens with zero attached hydrogens (tertiary/aromatic N) is 1. The molecule has 1 aliphatic rings. The van der Waals surface area contributed by atoms with Crippen LogP contribution < -0.4 is 4.74 Å². The van der Waals surface area contributed by atoms with E-state index in [0.29, 0.717) is 24.0 Å². The van der Waals surface area contributed by atoms with Crippen LogP contribution in [-0.2, 0) is 4.79 Å². The number of benzene rings is 1. The highest BCUT2D eigenvalue weighted by molar-refractivity contribution is 6.30. The molecule has 1 N–H and O–H groups in total. The summed E-state index contributed by atoms with van der Waals surface area (Å²) in [6, 6.07) is 4.81. The lowest BCUT2D eigenvalue weighted by molar-refractivity contribution is -0.115. The van der Waals surface area contributed by atoms with E-state index in [2.05, 4.69) is 0 Å². The van der Waals surface area contributed by atoms with E-state index in [1.54, 1.807) is 23.1 Å². The fourth-order valence-corrected chi connectivity index (χ4v) is 1.98. The number of β-amino-alcohol motifs (C(OH)–C–C–N with tert-alkyl or cyclic N) is 1. The van der Waals surface area contributed by atoms with E-state index in [9.17, 15) is 4.79 Å². The number of carbonyl (C=O) groups is 1. The molecular formula is C11H12ClNO3. The number of hydrogen-bond acceptors (Lipinski definition) is 4. The smallest absolute Gasteiger partial charge is 0.143 e. The quantitative estimate of drug-likeness (QED) is 0.809. The molecule has 0 radical (unpaired) electrons. The van der Waals surface area contributed by atoms with Crippen molar-refractivity contribution < 1.29 is 14.6 Å². The van der Waals surface area contributed by atoms with Crippen molar-refractivity contribution >= 4 is 17.9 Å². The maximum absolute atomic E-state index is 11.1. The summed E-state index contributed by atoms with van der Waals surface area (Å²) in [5, 5.41) is 9.46. The van der Waals surface area contributed by atoms with Gasteiger partial charge in [-0.05, 0) is 18.2 Å². The average molecular weight is 242 g/mol. The number of halogens is 1. The molecule has 1 aromatic rings. The number of aliphatic hydroxyl groups excluding tert-OH is 1. The predicted molar refractivity (Wildman–Crippen MR) is 59.5 cm³/mol. The molecule has 1 atom stereocenters. The van der Waals surface area contributed by atoms with Crippen LogP contribution in [0.4, 0.5) is 0 Å². The fraction of sp³-hybridized carbons (Fsp3) is 0.364. The first kappa shape index (κ1) is 11.4. The zero-order valence-electron chi connectivity index (χ0n) is 8.60. The molecule has 1 heterocycles. The molecule has 0 spiro atoms. The minimum absolute atomic E-state index is 0.0103. The van der Waals surface area contributed by atoms with Crippen LogP contribution in [0.1, 0.15) is 11.6 Å². The molecule has 5 heteroatoms. The van der Waals surface area contributed by atoms with E-state index in [1.807, 2.05) is 0 Å². The Morgan fingerprint density at radius 2 is 2.44 bits per heavy atom. The Morgan fingerprint density at radius 1 is 1.62 bits per heavy atom. The lowest BCUT2D eigenvalue weighted by atomic mass is 10.0. The Morgan fingerprint density at radius 3 is 3.12 bits per heavy atom. The van der Waals surface area contributed by atoms with Crippen molar-refractivity contribution in [3.8, 4) is 5.75 Å². The van der Waals surface area contributed by atoms with Crippen molar-refractivity contribution in [3.63, 3.8) is 0 Å². The topological polar surface area (TPSA) is 49.8 Å². The molecule has 0 aliphatic carbocycles. The van der Waals surface area contributed by atoms with Crippen molar-refractivity contribution in [2.75, 3.05) is 19.9 Å². The van der Waals surface area contributed by atoms with Crippen LogP contribution in [0.25, 0.3) is 0 Å². The van der Waals surface area contributed by atoms with Gasteiger partial charge in [-0.3, -0.25) is 4.90 Å². The summed E-state index contributed by atoms with van der Waals surface area (Å²) in [6.45, 7) is 0.692. The Bertz CT molecular complexity index is 397. The summed E-state index contributed by atoms with van der Waals surface area (Å²) < 4.78 is 5.47. The van der Waals surface area contributed by atoms with Crippen LogP contribution >= 0.6 is 11.6 Å². The summed E-state index contributed by atoms with van der Waals surface area (Å²) in [5.74, 6) is 0.677. The van der Waals surface area contributed by atoms with Crippen LogP contribution in [-0.4, -0.2) is 36.2 Å². The summed E-state index contributed by atoms with van der Waals surface area (Å²) >= 11 is 5.88. The monoisotopic (exact) mass is 241 g/mol. The average Bonchev–Trinajstić information content (AvgIpc) is 2.29. The standard InChI is InChI=1S/C11H12ClNO3/c12-8-1-2-11-9(5-8)10(6-15)13(3-4-14)7-16-11/h1-2,5-6,10,14H,3-4,7H2. The molecule has 86 valence electrons. The molecular weight excluding hydrogens is 230 g/mol. The van der Waals surface area contributed by atoms with Gasteiger partial charge in [0.15, 0.2) is 0 Å². The van der Waals surface area contributed by atoms with Crippen molar-refractivity contribution in [3.05, 3.63) is 28.8 Å². The number of hydrogen-bond donors (Lipinski definition) is 1. The molecule has 0 amide bonds. The van der Waals surface area contributed by atoms with Gasteiger partial charge in [0.05, 0.1) is 12.6 Å². The van der Waals surface area contributed by atoms with Gasteiger partial charge in [0, 0.05) is 17.1 Å². The molecule has 16 heavy (non-hydrogen) atoms. The molecule has 0 fully saturated rings. The van der Waals surface area contributed by atoms with Gasteiger partial charge in [-0.15, -0.1) is 0 Å². The van der Waals surface area contributed by atoms with Gasteiger partial charge in [-0.2, -0.15) is 0 Å². The van der Waals surface area contributed by atoms with Gasteiger partial charge >= 0.3 is 0 Å². The first-order chi connectivity index (χ1) is 7.76. The van der Waals surface area contributed by atoms with E-state index in [-0.39, 0.29) is 6.61 Å². The van der Waals surface area contributed by atoms with Gasteiger partial charge in [0.25, 0.3) is 0 Å². The Hall–Kier alpha value is -1.10. The molecule has 1 unspecified atom stereocenters. The third kappa shape index (κ3) is 2.04. The van der Waals surface area contributed by atoms with Crippen LogP contribution in [0.3, 0.4) is 0 Å². The highest BCUT2D eigenvalue weighted by atomic mass is 35.5. The summed E-state index contributed by atoms with van der Waals surface area (Å²) in [7, 11) is 0. The number of carbonyl (C=O) groups excluding carboxylic acids is 1. The second kappa shape index (κ2) is 4.82. The first-order valence-electron chi connectivity index (χ1n) is 4.98. The second-order valence-electron chi connectivity index (χ2n) is 3.57. The second-order valence-corrected chi connectivity index (χ2v) is 4.01. The number of rotatable bonds is 3. The zero-order valence-corrected chi connectivity index (χ0v) is 9.35. The van der Waals surface area contributed by atoms with Crippen LogP contribution in [0.5, 0.6) is 5.75 Å².